The maximum absolute atomic E-state index is 13.4. The molecule has 1 aromatic heterocycles. The van der Waals surface area contributed by atoms with Crippen molar-refractivity contribution in [2.75, 3.05) is 19.6 Å². The first-order valence-corrected chi connectivity index (χ1v) is 10.8. The van der Waals surface area contributed by atoms with Crippen LogP contribution in [0.1, 0.15) is 63.6 Å². The molecule has 5 rings (SSSR count). The Kier molecular flexibility index (Phi) is 5.28. The zero-order valence-corrected chi connectivity index (χ0v) is 17.2. The fourth-order valence-corrected chi connectivity index (χ4v) is 4.80. The van der Waals surface area contributed by atoms with Crippen LogP contribution in [0.15, 0.2) is 40.9 Å². The molecular weight excluding hydrogens is 397 g/mol. The van der Waals surface area contributed by atoms with Gasteiger partial charge in [-0.2, -0.15) is 0 Å². The number of aryl methyl sites for hydroxylation is 1. The summed E-state index contributed by atoms with van der Waals surface area (Å²) in [5.74, 6) is -0.542. The Balaban J connectivity index is 1.11. The summed E-state index contributed by atoms with van der Waals surface area (Å²) in [7, 11) is 0. The van der Waals surface area contributed by atoms with E-state index >= 15 is 0 Å². The summed E-state index contributed by atoms with van der Waals surface area (Å²) in [6.45, 7) is 3.01. The van der Waals surface area contributed by atoms with Crippen molar-refractivity contribution in [2.45, 2.75) is 38.0 Å². The van der Waals surface area contributed by atoms with Gasteiger partial charge in [-0.3, -0.25) is 14.9 Å². The number of halogens is 1. The number of carbonyl (C=O) groups excluding carboxylic acids is 2. The highest BCUT2D eigenvalue weighted by atomic mass is 19.1. The minimum atomic E-state index is -0.308. The first-order valence-electron chi connectivity index (χ1n) is 10.8. The summed E-state index contributed by atoms with van der Waals surface area (Å²) < 4.78 is 18.7. The number of likely N-dealkylation sites (tertiary alicyclic amines) is 1. The van der Waals surface area contributed by atoms with E-state index in [2.05, 4.69) is 15.4 Å². The lowest BCUT2D eigenvalue weighted by Crippen LogP contribution is -2.33. The second-order valence-electron chi connectivity index (χ2n) is 8.40. The van der Waals surface area contributed by atoms with Crippen LogP contribution in [-0.4, -0.2) is 41.5 Å². The maximum atomic E-state index is 13.4. The number of nitrogens with one attached hydrogen (secondary N) is 1. The third-order valence-electron chi connectivity index (χ3n) is 6.46. The molecule has 0 spiro atoms. The molecule has 0 radical (unpaired) electrons. The van der Waals surface area contributed by atoms with Crippen molar-refractivity contribution in [3.05, 3.63) is 64.6 Å². The van der Waals surface area contributed by atoms with Gasteiger partial charge in [0.1, 0.15) is 5.82 Å². The van der Waals surface area contributed by atoms with Gasteiger partial charge >= 0.3 is 0 Å². The molecule has 1 fully saturated rings. The van der Waals surface area contributed by atoms with Gasteiger partial charge in [0.15, 0.2) is 5.58 Å². The van der Waals surface area contributed by atoms with Crippen LogP contribution < -0.4 is 5.32 Å². The average Bonchev–Trinajstić information content (AvgIpc) is 3.32. The number of rotatable bonds is 6. The normalized spacial score (nSPS) is 17.3. The molecule has 6 nitrogen and oxygen atoms in total. The van der Waals surface area contributed by atoms with E-state index in [1.807, 2.05) is 12.1 Å². The van der Waals surface area contributed by atoms with Crippen LogP contribution in [0.2, 0.25) is 0 Å². The zero-order valence-electron chi connectivity index (χ0n) is 17.2. The topological polar surface area (TPSA) is 75.4 Å². The molecule has 160 valence electrons. The molecule has 1 saturated heterocycles. The first-order chi connectivity index (χ1) is 15.1. The first kappa shape index (κ1) is 19.9. The molecule has 7 heteroatoms. The van der Waals surface area contributed by atoms with Crippen molar-refractivity contribution < 1.29 is 18.5 Å². The third-order valence-corrected chi connectivity index (χ3v) is 6.46. The van der Waals surface area contributed by atoms with Gasteiger partial charge in [-0.15, -0.1) is 0 Å². The molecule has 3 heterocycles. The Bertz CT molecular complexity index is 1150. The van der Waals surface area contributed by atoms with Crippen molar-refractivity contribution in [3.63, 3.8) is 0 Å². The quantitative estimate of drug-likeness (QED) is 0.480. The predicted octanol–water partition coefficient (Wildman–Crippen LogP) is 4.05. The molecule has 31 heavy (non-hydrogen) atoms. The number of fused-ring (bicyclic) bond motifs is 2. The second-order valence-corrected chi connectivity index (χ2v) is 8.40. The Labute approximate surface area is 179 Å². The highest BCUT2D eigenvalue weighted by Crippen LogP contribution is 2.33. The molecule has 0 saturated carbocycles. The highest BCUT2D eigenvalue weighted by Gasteiger charge is 2.29. The molecule has 0 aliphatic carbocycles. The molecule has 2 aromatic carbocycles. The van der Waals surface area contributed by atoms with Crippen LogP contribution in [0.3, 0.4) is 0 Å². The van der Waals surface area contributed by atoms with Gasteiger partial charge in [0.2, 0.25) is 0 Å². The summed E-state index contributed by atoms with van der Waals surface area (Å²) in [4.78, 5) is 26.3. The van der Waals surface area contributed by atoms with E-state index < -0.39 is 0 Å². The van der Waals surface area contributed by atoms with Crippen molar-refractivity contribution >= 4 is 22.8 Å². The number of benzene rings is 2. The Morgan fingerprint density at radius 3 is 2.77 bits per heavy atom. The molecule has 0 atom stereocenters. The molecule has 2 amide bonds. The number of hydrogen-bond donors (Lipinski definition) is 1. The smallest absolute Gasteiger partial charge is 0.259 e. The van der Waals surface area contributed by atoms with Gasteiger partial charge in [-0.25, -0.2) is 4.39 Å². The van der Waals surface area contributed by atoms with Crippen LogP contribution >= 0.6 is 0 Å². The Hall–Kier alpha value is -3.06. The number of imide groups is 1. The molecule has 3 aromatic rings. The van der Waals surface area contributed by atoms with Crippen molar-refractivity contribution in [1.29, 1.82) is 0 Å². The number of unbranched alkanes of at least 4 members (excludes halogenated alkanes) is 1. The lowest BCUT2D eigenvalue weighted by molar-refractivity contribution is 0.0879. The standard InChI is InChI=1S/C24H24FN3O3/c25-17-7-8-18-20(14-17)31-27-22(18)16-9-12-28(13-10-16)11-2-1-4-15-5-3-6-19-21(15)24(30)26-23(19)29/h3,5-8,14,16H,1-2,4,9-13H2,(H,26,29,30). The average molecular weight is 421 g/mol. The minimum Gasteiger partial charge on any atom is -0.356 e. The summed E-state index contributed by atoms with van der Waals surface area (Å²) in [5.41, 5.74) is 3.45. The van der Waals surface area contributed by atoms with Crippen LogP contribution in [0, 0.1) is 5.82 Å². The highest BCUT2D eigenvalue weighted by molar-refractivity contribution is 6.22. The summed E-state index contributed by atoms with van der Waals surface area (Å²) in [6.07, 6.45) is 4.82. The van der Waals surface area contributed by atoms with Crippen LogP contribution in [0.5, 0.6) is 0 Å². The van der Waals surface area contributed by atoms with E-state index in [0.29, 0.717) is 22.6 Å². The van der Waals surface area contributed by atoms with E-state index in [0.717, 1.165) is 68.4 Å². The minimum absolute atomic E-state index is 0.277. The van der Waals surface area contributed by atoms with E-state index in [1.165, 1.54) is 12.1 Å². The fourth-order valence-electron chi connectivity index (χ4n) is 4.80. The van der Waals surface area contributed by atoms with Gasteiger partial charge in [0.05, 0.1) is 16.8 Å². The Morgan fingerprint density at radius 1 is 1.10 bits per heavy atom. The number of carbonyl (C=O) groups is 2. The van der Waals surface area contributed by atoms with Crippen LogP contribution in [0.4, 0.5) is 4.39 Å². The fraction of sp³-hybridized carbons (Fsp3) is 0.375. The second kappa shape index (κ2) is 8.23. The van der Waals surface area contributed by atoms with Gasteiger partial charge in [0.25, 0.3) is 11.8 Å². The Morgan fingerprint density at radius 2 is 1.94 bits per heavy atom. The van der Waals surface area contributed by atoms with E-state index in [4.69, 9.17) is 4.52 Å². The third kappa shape index (κ3) is 3.85. The van der Waals surface area contributed by atoms with E-state index in [1.54, 1.807) is 12.1 Å². The lowest BCUT2D eigenvalue weighted by atomic mass is 9.91. The van der Waals surface area contributed by atoms with Gasteiger partial charge in [-0.05, 0) is 75.5 Å². The van der Waals surface area contributed by atoms with Gasteiger partial charge in [-0.1, -0.05) is 17.3 Å². The number of amides is 2. The molecule has 2 aliphatic heterocycles. The van der Waals surface area contributed by atoms with Crippen molar-refractivity contribution in [2.24, 2.45) is 0 Å². The number of aromatic nitrogens is 1. The number of nitrogens with zero attached hydrogens (tertiary/aromatic N) is 2. The monoisotopic (exact) mass is 421 g/mol. The number of piperidine rings is 1. The van der Waals surface area contributed by atoms with Gasteiger partial charge < -0.3 is 9.42 Å². The summed E-state index contributed by atoms with van der Waals surface area (Å²) >= 11 is 0. The van der Waals surface area contributed by atoms with Crippen molar-refractivity contribution in [1.82, 2.24) is 15.4 Å². The maximum Gasteiger partial charge on any atom is 0.259 e. The van der Waals surface area contributed by atoms with E-state index in [-0.39, 0.29) is 17.6 Å². The zero-order chi connectivity index (χ0) is 21.4. The molecule has 0 bridgehead atoms. The SMILES string of the molecule is O=C1NC(=O)c2c(CCCCN3CCC(c4noc5cc(F)ccc45)CC3)cccc21. The summed E-state index contributed by atoms with van der Waals surface area (Å²) in [6, 6.07) is 10.1. The summed E-state index contributed by atoms with van der Waals surface area (Å²) in [5, 5.41) is 7.51. The van der Waals surface area contributed by atoms with Gasteiger partial charge in [0, 0.05) is 17.4 Å². The lowest BCUT2D eigenvalue weighted by Gasteiger charge is -2.31. The molecule has 2 aliphatic rings. The van der Waals surface area contributed by atoms with E-state index in [9.17, 15) is 14.0 Å². The van der Waals surface area contributed by atoms with Crippen LogP contribution in [0.25, 0.3) is 11.0 Å². The van der Waals surface area contributed by atoms with Crippen LogP contribution in [-0.2, 0) is 6.42 Å². The number of hydrogen-bond acceptors (Lipinski definition) is 5. The molecule has 0 unspecified atom stereocenters. The predicted molar refractivity (Wildman–Crippen MR) is 114 cm³/mol. The molecular formula is C24H24FN3O3. The molecule has 1 N–H and O–H groups in total. The van der Waals surface area contributed by atoms with Crippen molar-refractivity contribution in [3.8, 4) is 0 Å². The largest absolute Gasteiger partial charge is 0.356 e.